The second-order valence-electron chi connectivity index (χ2n) is 5.35. The summed E-state index contributed by atoms with van der Waals surface area (Å²) in [7, 11) is 1.53. The van der Waals surface area contributed by atoms with E-state index < -0.39 is 17.0 Å². The van der Waals surface area contributed by atoms with Crippen LogP contribution in [0.4, 0.5) is 9.18 Å². The minimum absolute atomic E-state index is 0.0946. The zero-order chi connectivity index (χ0) is 18.5. The quantitative estimate of drug-likeness (QED) is 0.718. The number of nitrogens with zero attached hydrogens (tertiary/aromatic N) is 1. The standard InChI is InChI=1S/C19H16FNO4S/c1-24-15-8-4-5-9-16(15)25-11-10-21-18(22)17(26-19(21)23)12-13-6-2-3-7-14(13)20/h2-9,12H,10-11H2,1H3/b17-12-. The third-order valence-electron chi connectivity index (χ3n) is 3.71. The predicted molar refractivity (Wildman–Crippen MR) is 97.6 cm³/mol. The first-order valence-corrected chi connectivity index (χ1v) is 8.67. The molecule has 0 bridgehead atoms. The Balaban J connectivity index is 1.65. The molecular formula is C19H16FNO4S. The van der Waals surface area contributed by atoms with Gasteiger partial charge in [0, 0.05) is 5.56 Å². The molecule has 2 aromatic carbocycles. The lowest BCUT2D eigenvalue weighted by molar-refractivity contribution is -0.123. The van der Waals surface area contributed by atoms with Gasteiger partial charge in [-0.05, 0) is 36.0 Å². The number of methoxy groups -OCH3 is 1. The van der Waals surface area contributed by atoms with Crippen molar-refractivity contribution in [2.24, 2.45) is 0 Å². The van der Waals surface area contributed by atoms with Crippen LogP contribution < -0.4 is 9.47 Å². The topological polar surface area (TPSA) is 55.8 Å². The number of halogens is 1. The molecule has 1 fully saturated rings. The van der Waals surface area contributed by atoms with Gasteiger partial charge in [0.1, 0.15) is 12.4 Å². The molecule has 26 heavy (non-hydrogen) atoms. The largest absolute Gasteiger partial charge is 0.493 e. The summed E-state index contributed by atoms with van der Waals surface area (Å²) in [5.74, 6) is 0.204. The molecule has 0 unspecified atom stereocenters. The van der Waals surface area contributed by atoms with Crippen LogP contribution in [0.5, 0.6) is 11.5 Å². The Morgan fingerprint density at radius 2 is 1.77 bits per heavy atom. The Bertz CT molecular complexity index is 868. The number of benzene rings is 2. The Kier molecular flexibility index (Phi) is 5.58. The highest BCUT2D eigenvalue weighted by atomic mass is 32.2. The third-order valence-corrected chi connectivity index (χ3v) is 4.61. The Morgan fingerprint density at radius 1 is 1.08 bits per heavy atom. The van der Waals surface area contributed by atoms with Crippen molar-refractivity contribution in [2.45, 2.75) is 0 Å². The van der Waals surface area contributed by atoms with Crippen molar-refractivity contribution < 1.29 is 23.5 Å². The Hall–Kier alpha value is -2.80. The average Bonchev–Trinajstić information content (AvgIpc) is 2.91. The molecule has 1 heterocycles. The first-order chi connectivity index (χ1) is 12.6. The van der Waals surface area contributed by atoms with Gasteiger partial charge in [0.05, 0.1) is 18.6 Å². The van der Waals surface area contributed by atoms with E-state index in [2.05, 4.69) is 0 Å². The van der Waals surface area contributed by atoms with E-state index in [0.717, 1.165) is 16.7 Å². The third kappa shape index (κ3) is 3.88. The maximum absolute atomic E-state index is 13.7. The van der Waals surface area contributed by atoms with Crippen molar-refractivity contribution in [3.8, 4) is 11.5 Å². The highest BCUT2D eigenvalue weighted by Gasteiger charge is 2.35. The molecule has 0 radical (unpaired) electrons. The first-order valence-electron chi connectivity index (χ1n) is 7.86. The number of para-hydroxylation sites is 2. The molecular weight excluding hydrogens is 357 g/mol. The van der Waals surface area contributed by atoms with Gasteiger partial charge in [-0.1, -0.05) is 30.3 Å². The van der Waals surface area contributed by atoms with Gasteiger partial charge >= 0.3 is 0 Å². The van der Waals surface area contributed by atoms with Crippen LogP contribution in [-0.2, 0) is 4.79 Å². The molecule has 0 N–H and O–H groups in total. The van der Waals surface area contributed by atoms with Crippen molar-refractivity contribution >= 4 is 29.0 Å². The lowest BCUT2D eigenvalue weighted by Gasteiger charge is -2.14. The molecule has 7 heteroatoms. The highest BCUT2D eigenvalue weighted by Crippen LogP contribution is 2.32. The zero-order valence-corrected chi connectivity index (χ0v) is 14.8. The lowest BCUT2D eigenvalue weighted by Crippen LogP contribution is -2.32. The molecule has 0 saturated carbocycles. The number of carbonyl (C=O) groups is 2. The summed E-state index contributed by atoms with van der Waals surface area (Å²) < 4.78 is 24.5. The molecule has 0 spiro atoms. The number of thioether (sulfide) groups is 1. The molecule has 2 amide bonds. The predicted octanol–water partition coefficient (Wildman–Crippen LogP) is 3.95. The van der Waals surface area contributed by atoms with E-state index in [1.807, 2.05) is 6.07 Å². The zero-order valence-electron chi connectivity index (χ0n) is 14.0. The van der Waals surface area contributed by atoms with Crippen molar-refractivity contribution in [1.82, 2.24) is 4.90 Å². The number of imide groups is 1. The molecule has 1 saturated heterocycles. The molecule has 2 aromatic rings. The highest BCUT2D eigenvalue weighted by molar-refractivity contribution is 8.18. The van der Waals surface area contributed by atoms with E-state index in [9.17, 15) is 14.0 Å². The Labute approximate surface area is 154 Å². The van der Waals surface area contributed by atoms with Crippen molar-refractivity contribution in [1.29, 1.82) is 0 Å². The minimum atomic E-state index is -0.452. The van der Waals surface area contributed by atoms with Crippen molar-refractivity contribution in [3.63, 3.8) is 0 Å². The monoisotopic (exact) mass is 373 g/mol. The second kappa shape index (κ2) is 8.05. The molecule has 3 rings (SSSR count). The molecule has 134 valence electrons. The maximum Gasteiger partial charge on any atom is 0.293 e. The van der Waals surface area contributed by atoms with Crippen LogP contribution in [0.3, 0.4) is 0 Å². The summed E-state index contributed by atoms with van der Waals surface area (Å²) in [5.41, 5.74) is 0.267. The number of amides is 2. The van der Waals surface area contributed by atoms with Crippen LogP contribution in [0.2, 0.25) is 0 Å². The number of rotatable bonds is 6. The average molecular weight is 373 g/mol. The fourth-order valence-corrected chi connectivity index (χ4v) is 3.27. The minimum Gasteiger partial charge on any atom is -0.493 e. The summed E-state index contributed by atoms with van der Waals surface area (Å²) in [4.78, 5) is 25.8. The summed E-state index contributed by atoms with van der Waals surface area (Å²) >= 11 is 0.791. The normalized spacial score (nSPS) is 15.6. The first kappa shape index (κ1) is 18.0. The van der Waals surface area contributed by atoms with E-state index in [1.54, 1.807) is 36.4 Å². The molecule has 0 atom stereocenters. The van der Waals surface area contributed by atoms with E-state index in [-0.39, 0.29) is 23.6 Å². The van der Waals surface area contributed by atoms with Crippen molar-refractivity contribution in [3.05, 3.63) is 64.8 Å². The fourth-order valence-electron chi connectivity index (χ4n) is 2.41. The van der Waals surface area contributed by atoms with Crippen LogP contribution in [-0.4, -0.2) is 36.3 Å². The maximum atomic E-state index is 13.7. The smallest absolute Gasteiger partial charge is 0.293 e. The summed E-state index contributed by atoms with van der Waals surface area (Å²) in [5, 5.41) is -0.402. The van der Waals surface area contributed by atoms with Gasteiger partial charge in [-0.3, -0.25) is 14.5 Å². The van der Waals surface area contributed by atoms with E-state index in [0.29, 0.717) is 11.5 Å². The Morgan fingerprint density at radius 3 is 2.50 bits per heavy atom. The summed E-state index contributed by atoms with van der Waals surface area (Å²) in [6.07, 6.45) is 1.39. The molecule has 0 aliphatic carbocycles. The van der Waals surface area contributed by atoms with Gasteiger partial charge < -0.3 is 9.47 Å². The van der Waals surface area contributed by atoms with E-state index in [4.69, 9.17) is 9.47 Å². The van der Waals surface area contributed by atoms with Gasteiger partial charge in [-0.15, -0.1) is 0 Å². The number of hydrogen-bond donors (Lipinski definition) is 0. The van der Waals surface area contributed by atoms with E-state index in [1.165, 1.54) is 19.3 Å². The van der Waals surface area contributed by atoms with Gasteiger partial charge in [-0.2, -0.15) is 0 Å². The fraction of sp³-hybridized carbons (Fsp3) is 0.158. The van der Waals surface area contributed by atoms with Crippen LogP contribution in [0.1, 0.15) is 5.56 Å². The number of carbonyl (C=O) groups excluding carboxylic acids is 2. The van der Waals surface area contributed by atoms with Gasteiger partial charge in [0.25, 0.3) is 11.1 Å². The SMILES string of the molecule is COc1ccccc1OCCN1C(=O)S/C(=C\c2ccccc2F)C1=O. The molecule has 1 aliphatic heterocycles. The van der Waals surface area contributed by atoms with E-state index >= 15 is 0 Å². The number of ether oxygens (including phenoxy) is 2. The van der Waals surface area contributed by atoms with Crippen LogP contribution in [0.15, 0.2) is 53.4 Å². The van der Waals surface area contributed by atoms with Gasteiger partial charge in [0.15, 0.2) is 11.5 Å². The number of hydrogen-bond acceptors (Lipinski definition) is 5. The molecule has 0 aromatic heterocycles. The van der Waals surface area contributed by atoms with Gasteiger partial charge in [0.2, 0.25) is 0 Å². The van der Waals surface area contributed by atoms with Gasteiger partial charge in [-0.25, -0.2) is 4.39 Å². The lowest BCUT2D eigenvalue weighted by atomic mass is 10.2. The van der Waals surface area contributed by atoms with Crippen LogP contribution in [0, 0.1) is 5.82 Å². The van der Waals surface area contributed by atoms with Crippen molar-refractivity contribution in [2.75, 3.05) is 20.3 Å². The molecule has 1 aliphatic rings. The van der Waals surface area contributed by atoms with Crippen LogP contribution in [0.25, 0.3) is 6.08 Å². The van der Waals surface area contributed by atoms with Crippen LogP contribution >= 0.6 is 11.8 Å². The second-order valence-corrected chi connectivity index (χ2v) is 6.35. The summed E-state index contributed by atoms with van der Waals surface area (Å²) in [6.45, 7) is 0.225. The summed E-state index contributed by atoms with van der Waals surface area (Å²) in [6, 6.07) is 13.2. The molecule has 5 nitrogen and oxygen atoms in total.